The van der Waals surface area contributed by atoms with Gasteiger partial charge < -0.3 is 0 Å². The van der Waals surface area contributed by atoms with Gasteiger partial charge in [-0.2, -0.15) is 0 Å². The molecule has 1 aromatic heterocycles. The topological polar surface area (TPSA) is 0 Å². The third-order valence-corrected chi connectivity index (χ3v) is 13.3. The molecule has 2 heteroatoms. The van der Waals surface area contributed by atoms with Crippen LogP contribution in [0.1, 0.15) is 33.4 Å². The minimum absolute atomic E-state index is 0.492. The van der Waals surface area contributed by atoms with Gasteiger partial charge in [-0.1, -0.05) is 180 Å². The number of benzene rings is 8. The van der Waals surface area contributed by atoms with Gasteiger partial charge in [0.25, 0.3) is 0 Å². The Morgan fingerprint density at radius 2 is 0.981 bits per heavy atom. The normalized spacial score (nSPS) is 14.8. The van der Waals surface area contributed by atoms with E-state index in [0.29, 0.717) is 0 Å². The zero-order valence-electron chi connectivity index (χ0n) is 29.5. The molecular weight excluding hydrogens is 725 g/mol. The number of fused-ring (bicyclic) bond motifs is 6. The van der Waals surface area contributed by atoms with Crippen LogP contribution in [0, 0.1) is 13.8 Å². The van der Waals surface area contributed by atoms with Crippen LogP contribution in [0.5, 0.6) is 0 Å². The van der Waals surface area contributed by atoms with Gasteiger partial charge in [-0.15, -0.1) is 11.3 Å². The largest absolute Gasteiger partial charge is 0.135 e. The van der Waals surface area contributed by atoms with Crippen LogP contribution in [-0.4, -0.2) is 0 Å². The lowest BCUT2D eigenvalue weighted by Crippen LogP contribution is -2.28. The number of thiophene rings is 1. The molecule has 9 aromatic rings. The van der Waals surface area contributed by atoms with Crippen LogP contribution in [0.3, 0.4) is 0 Å². The number of aryl methyl sites for hydroxylation is 1. The first-order valence-corrected chi connectivity index (χ1v) is 19.8. The molecule has 252 valence electrons. The van der Waals surface area contributed by atoms with Crippen LogP contribution >= 0.6 is 27.3 Å². The lowest BCUT2D eigenvalue weighted by molar-refractivity contribution is 0.768. The van der Waals surface area contributed by atoms with Crippen LogP contribution in [0.15, 0.2) is 180 Å². The van der Waals surface area contributed by atoms with Gasteiger partial charge >= 0.3 is 0 Å². The van der Waals surface area contributed by atoms with Gasteiger partial charge in [-0.05, 0) is 98.3 Å². The Balaban J connectivity index is 1.15. The molecule has 0 bridgehead atoms. The van der Waals surface area contributed by atoms with Crippen molar-refractivity contribution in [1.29, 1.82) is 0 Å². The van der Waals surface area contributed by atoms with E-state index in [1.807, 2.05) is 11.3 Å². The Labute approximate surface area is 323 Å². The molecule has 0 N–H and O–H groups in total. The number of rotatable bonds is 5. The molecule has 0 saturated heterocycles. The van der Waals surface area contributed by atoms with Crippen LogP contribution in [0.25, 0.3) is 64.7 Å². The molecule has 1 aliphatic rings. The first-order chi connectivity index (χ1) is 26.0. The molecule has 0 radical (unpaired) electrons. The van der Waals surface area contributed by atoms with Crippen molar-refractivity contribution in [3.8, 4) is 44.5 Å². The highest BCUT2D eigenvalue weighted by atomic mass is 79.9. The summed E-state index contributed by atoms with van der Waals surface area (Å²) in [5.41, 5.74) is 17.4. The molecule has 0 fully saturated rings. The van der Waals surface area contributed by atoms with E-state index >= 15 is 0 Å². The summed E-state index contributed by atoms with van der Waals surface area (Å²) in [4.78, 5) is 0. The molecule has 0 saturated carbocycles. The van der Waals surface area contributed by atoms with E-state index in [-0.39, 0.29) is 0 Å². The highest BCUT2D eigenvalue weighted by molar-refractivity contribution is 9.10. The van der Waals surface area contributed by atoms with Crippen molar-refractivity contribution in [2.75, 3.05) is 0 Å². The standard InChI is InChI=1S/C51H35BrS/c1-32-12-3-4-13-38(32)40-17-9-16-39(33(40)2)34-24-28-36(29-25-34)51(45-20-7-5-15-44(45)49-46(51)21-11-22-47(49)52)37-30-26-35(27-31-37)41-18-10-19-43-42-14-6-8-23-48(42)53-50(41)43/h3-31H,1-2H3. The summed E-state index contributed by atoms with van der Waals surface area (Å²) in [6.45, 7) is 4.46. The molecule has 1 atom stereocenters. The summed E-state index contributed by atoms with van der Waals surface area (Å²) >= 11 is 5.86. The predicted molar refractivity (Wildman–Crippen MR) is 230 cm³/mol. The van der Waals surface area contributed by atoms with E-state index < -0.39 is 5.41 Å². The van der Waals surface area contributed by atoms with E-state index in [2.05, 4.69) is 206 Å². The number of halogens is 1. The van der Waals surface area contributed by atoms with Gasteiger partial charge in [-0.25, -0.2) is 0 Å². The fourth-order valence-corrected chi connectivity index (χ4v) is 10.8. The first kappa shape index (κ1) is 32.1. The maximum atomic E-state index is 3.98. The van der Waals surface area contributed by atoms with E-state index in [0.717, 1.165) is 4.47 Å². The van der Waals surface area contributed by atoms with E-state index in [1.165, 1.54) is 98.1 Å². The molecule has 1 unspecified atom stereocenters. The van der Waals surface area contributed by atoms with Crippen LogP contribution in [-0.2, 0) is 5.41 Å². The molecule has 0 nitrogen and oxygen atoms in total. The quantitative estimate of drug-likeness (QED) is 0.164. The van der Waals surface area contributed by atoms with Gasteiger partial charge in [0, 0.05) is 30.2 Å². The van der Waals surface area contributed by atoms with Gasteiger partial charge in [0.2, 0.25) is 0 Å². The summed E-state index contributed by atoms with van der Waals surface area (Å²) in [7, 11) is 0. The molecule has 1 heterocycles. The Bertz CT molecular complexity index is 2860. The molecule has 0 aliphatic heterocycles. The Morgan fingerprint density at radius 1 is 0.434 bits per heavy atom. The van der Waals surface area contributed by atoms with Gasteiger partial charge in [0.1, 0.15) is 0 Å². The summed E-state index contributed by atoms with van der Waals surface area (Å²) in [5, 5.41) is 2.65. The molecule has 53 heavy (non-hydrogen) atoms. The average molecular weight is 760 g/mol. The predicted octanol–water partition coefficient (Wildman–Crippen LogP) is 14.8. The van der Waals surface area contributed by atoms with Crippen molar-refractivity contribution in [2.24, 2.45) is 0 Å². The second kappa shape index (κ2) is 12.6. The van der Waals surface area contributed by atoms with E-state index in [1.54, 1.807) is 0 Å². The van der Waals surface area contributed by atoms with Crippen LogP contribution < -0.4 is 0 Å². The SMILES string of the molecule is Cc1ccccc1-c1cccc(-c2ccc(C3(c4ccc(-c5cccc6c5sc5ccccc56)cc4)c4ccccc4-c4c(Br)cccc43)cc2)c1C. The molecule has 8 aromatic carbocycles. The van der Waals surface area contributed by atoms with Gasteiger partial charge in [0.15, 0.2) is 0 Å². The molecule has 0 spiro atoms. The van der Waals surface area contributed by atoms with Crippen LogP contribution in [0.2, 0.25) is 0 Å². The van der Waals surface area contributed by atoms with E-state index in [4.69, 9.17) is 0 Å². The second-order valence-electron chi connectivity index (χ2n) is 14.2. The first-order valence-electron chi connectivity index (χ1n) is 18.2. The molecular formula is C51H35BrS. The summed E-state index contributed by atoms with van der Waals surface area (Å²) in [6.07, 6.45) is 0. The smallest absolute Gasteiger partial charge is 0.0713 e. The zero-order chi connectivity index (χ0) is 35.7. The van der Waals surface area contributed by atoms with Crippen molar-refractivity contribution in [3.63, 3.8) is 0 Å². The lowest BCUT2D eigenvalue weighted by atomic mass is 9.67. The summed E-state index contributed by atoms with van der Waals surface area (Å²) in [6, 6.07) is 65.4. The molecule has 0 amide bonds. The second-order valence-corrected chi connectivity index (χ2v) is 16.1. The summed E-state index contributed by atoms with van der Waals surface area (Å²) in [5.74, 6) is 0. The summed E-state index contributed by atoms with van der Waals surface area (Å²) < 4.78 is 3.79. The van der Waals surface area contributed by atoms with Gasteiger partial charge in [0.05, 0.1) is 5.41 Å². The maximum Gasteiger partial charge on any atom is 0.0713 e. The minimum Gasteiger partial charge on any atom is -0.135 e. The van der Waals surface area contributed by atoms with Crippen molar-refractivity contribution >= 4 is 47.4 Å². The fraction of sp³-hybridized carbons (Fsp3) is 0.0588. The monoisotopic (exact) mass is 758 g/mol. The zero-order valence-corrected chi connectivity index (χ0v) is 31.9. The third-order valence-electron chi connectivity index (χ3n) is 11.4. The maximum absolute atomic E-state index is 3.98. The van der Waals surface area contributed by atoms with Gasteiger partial charge in [-0.3, -0.25) is 0 Å². The highest BCUT2D eigenvalue weighted by Crippen LogP contribution is 2.58. The molecule has 10 rings (SSSR count). The molecule has 1 aliphatic carbocycles. The Hall–Kier alpha value is -5.54. The highest BCUT2D eigenvalue weighted by Gasteiger charge is 2.46. The third kappa shape index (κ3) is 4.86. The minimum atomic E-state index is -0.492. The van der Waals surface area contributed by atoms with Crippen molar-refractivity contribution in [2.45, 2.75) is 19.3 Å². The number of hydrogen-bond acceptors (Lipinski definition) is 1. The Kier molecular flexibility index (Phi) is 7.61. The fourth-order valence-electron chi connectivity index (χ4n) is 8.96. The van der Waals surface area contributed by atoms with Crippen LogP contribution in [0.4, 0.5) is 0 Å². The van der Waals surface area contributed by atoms with Crippen molar-refractivity contribution in [1.82, 2.24) is 0 Å². The van der Waals surface area contributed by atoms with Crippen molar-refractivity contribution < 1.29 is 0 Å². The Morgan fingerprint density at radius 3 is 1.75 bits per heavy atom. The number of hydrogen-bond donors (Lipinski definition) is 0. The van der Waals surface area contributed by atoms with Crippen molar-refractivity contribution in [3.05, 3.63) is 214 Å². The average Bonchev–Trinajstić information content (AvgIpc) is 3.73. The van der Waals surface area contributed by atoms with E-state index in [9.17, 15) is 0 Å². The lowest BCUT2D eigenvalue weighted by Gasteiger charge is -2.34.